The maximum absolute atomic E-state index is 11.5. The van der Waals surface area contributed by atoms with Crippen LogP contribution in [-0.2, 0) is 14.6 Å². The van der Waals surface area contributed by atoms with E-state index in [0.29, 0.717) is 18.9 Å². The van der Waals surface area contributed by atoms with Crippen LogP contribution in [0.15, 0.2) is 0 Å². The van der Waals surface area contributed by atoms with E-state index in [1.807, 2.05) is 6.92 Å². The van der Waals surface area contributed by atoms with Gasteiger partial charge in [0, 0.05) is 12.4 Å². The maximum atomic E-state index is 11.5. The Kier molecular flexibility index (Phi) is 6.44. The van der Waals surface area contributed by atoms with E-state index in [1.54, 1.807) is 0 Å². The summed E-state index contributed by atoms with van der Waals surface area (Å²) >= 11 is 0. The van der Waals surface area contributed by atoms with Crippen molar-refractivity contribution in [1.29, 1.82) is 0 Å². The van der Waals surface area contributed by atoms with Crippen molar-refractivity contribution in [3.63, 3.8) is 0 Å². The molecule has 17 heavy (non-hydrogen) atoms. The Bertz CT molecular complexity index is 292. The van der Waals surface area contributed by atoms with Crippen LogP contribution in [0.3, 0.4) is 0 Å². The topological polar surface area (TPSA) is 63.6 Å². The number of ether oxygens (including phenoxy) is 1. The smallest absolute Gasteiger partial charge is 0.152 e. The first-order valence-electron chi connectivity index (χ1n) is 6.50. The molecule has 0 bridgehead atoms. The van der Waals surface area contributed by atoms with Gasteiger partial charge in [-0.05, 0) is 38.0 Å². The van der Waals surface area contributed by atoms with Crippen molar-refractivity contribution in [2.75, 3.05) is 24.7 Å². The molecule has 0 saturated heterocycles. The van der Waals surface area contributed by atoms with Crippen molar-refractivity contribution in [3.8, 4) is 0 Å². The average molecular weight is 264 g/mol. The monoisotopic (exact) mass is 264 g/mol. The Labute approximate surface area is 104 Å². The second-order valence-corrected chi connectivity index (χ2v) is 7.15. The third-order valence-electron chi connectivity index (χ3n) is 3.31. The molecule has 0 atom stereocenters. The average Bonchev–Trinajstić information content (AvgIpc) is 2.29. The molecule has 1 aliphatic carbocycles. The van der Waals surface area contributed by atoms with Crippen LogP contribution in [-0.4, -0.2) is 44.3 Å². The van der Waals surface area contributed by atoms with Crippen molar-refractivity contribution in [2.45, 2.75) is 45.1 Å². The molecule has 0 aromatic carbocycles. The maximum Gasteiger partial charge on any atom is 0.152 e. The Hall–Kier alpha value is -0.130. The van der Waals surface area contributed by atoms with E-state index < -0.39 is 9.84 Å². The number of aliphatic hydroxyl groups is 1. The molecule has 5 heteroatoms. The molecule has 0 amide bonds. The van der Waals surface area contributed by atoms with Gasteiger partial charge in [0.05, 0.1) is 18.5 Å². The van der Waals surface area contributed by atoms with Crippen LogP contribution in [0.1, 0.15) is 39.0 Å². The molecule has 1 rings (SSSR count). The molecule has 1 fully saturated rings. The minimum absolute atomic E-state index is 0.140. The Balaban J connectivity index is 2.16. The predicted octanol–water partition coefficient (Wildman–Crippen LogP) is 1.38. The Morgan fingerprint density at radius 2 is 1.82 bits per heavy atom. The second kappa shape index (κ2) is 7.34. The minimum atomic E-state index is -2.91. The lowest BCUT2D eigenvalue weighted by Crippen LogP contribution is -2.26. The summed E-state index contributed by atoms with van der Waals surface area (Å²) in [6, 6.07) is 0. The van der Waals surface area contributed by atoms with Crippen LogP contribution in [0.2, 0.25) is 0 Å². The highest BCUT2D eigenvalue weighted by atomic mass is 32.2. The minimum Gasteiger partial charge on any atom is -0.396 e. The molecule has 0 radical (unpaired) electrons. The van der Waals surface area contributed by atoms with Crippen LogP contribution in [0.5, 0.6) is 0 Å². The van der Waals surface area contributed by atoms with Gasteiger partial charge in [0.15, 0.2) is 9.84 Å². The van der Waals surface area contributed by atoms with E-state index in [0.717, 1.165) is 25.7 Å². The summed E-state index contributed by atoms with van der Waals surface area (Å²) in [4.78, 5) is 0. The third kappa shape index (κ3) is 5.84. The number of rotatable bonds is 7. The zero-order valence-electron chi connectivity index (χ0n) is 10.6. The molecule has 102 valence electrons. The summed E-state index contributed by atoms with van der Waals surface area (Å²) in [5.74, 6) is 0.813. The zero-order valence-corrected chi connectivity index (χ0v) is 11.4. The Morgan fingerprint density at radius 1 is 1.18 bits per heavy atom. The van der Waals surface area contributed by atoms with Gasteiger partial charge in [-0.15, -0.1) is 0 Å². The summed E-state index contributed by atoms with van der Waals surface area (Å²) in [5, 5.41) is 9.00. The number of aliphatic hydroxyl groups excluding tert-OH is 1. The van der Waals surface area contributed by atoms with Crippen LogP contribution in [0.4, 0.5) is 0 Å². The number of hydrogen-bond acceptors (Lipinski definition) is 4. The largest absolute Gasteiger partial charge is 0.396 e. The van der Waals surface area contributed by atoms with Crippen molar-refractivity contribution in [2.24, 2.45) is 5.92 Å². The lowest BCUT2D eigenvalue weighted by atomic mass is 9.88. The molecular formula is C12H24O4S. The first-order chi connectivity index (χ1) is 8.07. The van der Waals surface area contributed by atoms with E-state index in [-0.39, 0.29) is 24.2 Å². The number of sulfone groups is 1. The molecule has 4 nitrogen and oxygen atoms in total. The molecule has 0 aliphatic heterocycles. The standard InChI is InChI=1S/C12H24O4S/c1-2-8-17(14,15)9-7-16-12-5-3-11(10-13)4-6-12/h11-13H,2-10H2,1H3. The van der Waals surface area contributed by atoms with E-state index >= 15 is 0 Å². The van der Waals surface area contributed by atoms with Gasteiger partial charge in [0.1, 0.15) is 0 Å². The summed E-state index contributed by atoms with van der Waals surface area (Å²) in [5.41, 5.74) is 0. The quantitative estimate of drug-likeness (QED) is 0.754. The molecule has 1 saturated carbocycles. The van der Waals surface area contributed by atoms with Gasteiger partial charge >= 0.3 is 0 Å². The van der Waals surface area contributed by atoms with Gasteiger partial charge in [-0.2, -0.15) is 0 Å². The third-order valence-corrected chi connectivity index (χ3v) is 5.13. The highest BCUT2D eigenvalue weighted by Crippen LogP contribution is 2.25. The molecule has 0 heterocycles. The molecule has 0 spiro atoms. The SMILES string of the molecule is CCCS(=O)(=O)CCOC1CCC(CO)CC1. The van der Waals surface area contributed by atoms with Crippen LogP contribution < -0.4 is 0 Å². The first-order valence-corrected chi connectivity index (χ1v) is 8.32. The molecular weight excluding hydrogens is 240 g/mol. The van der Waals surface area contributed by atoms with Crippen LogP contribution >= 0.6 is 0 Å². The van der Waals surface area contributed by atoms with Gasteiger partial charge in [-0.3, -0.25) is 0 Å². The molecule has 0 aromatic rings. The first kappa shape index (κ1) is 14.9. The van der Waals surface area contributed by atoms with E-state index in [1.165, 1.54) is 0 Å². The van der Waals surface area contributed by atoms with Gasteiger partial charge in [-0.1, -0.05) is 6.92 Å². The predicted molar refractivity (Wildman–Crippen MR) is 67.7 cm³/mol. The summed E-state index contributed by atoms with van der Waals surface area (Å²) in [6.45, 7) is 2.45. The van der Waals surface area contributed by atoms with Gasteiger partial charge in [0.25, 0.3) is 0 Å². The molecule has 0 aromatic heterocycles. The molecule has 1 aliphatic rings. The fraction of sp³-hybridized carbons (Fsp3) is 1.00. The van der Waals surface area contributed by atoms with Crippen LogP contribution in [0, 0.1) is 5.92 Å². The van der Waals surface area contributed by atoms with Gasteiger partial charge in [-0.25, -0.2) is 8.42 Å². The molecule has 1 N–H and O–H groups in total. The Morgan fingerprint density at radius 3 is 2.35 bits per heavy atom. The van der Waals surface area contributed by atoms with Crippen molar-refractivity contribution in [1.82, 2.24) is 0 Å². The zero-order chi connectivity index (χ0) is 12.7. The lowest BCUT2D eigenvalue weighted by Gasteiger charge is -2.27. The summed E-state index contributed by atoms with van der Waals surface area (Å²) in [6.07, 6.45) is 4.72. The van der Waals surface area contributed by atoms with E-state index in [4.69, 9.17) is 9.84 Å². The van der Waals surface area contributed by atoms with Gasteiger partial charge < -0.3 is 9.84 Å². The highest BCUT2D eigenvalue weighted by molar-refractivity contribution is 7.91. The highest BCUT2D eigenvalue weighted by Gasteiger charge is 2.21. The lowest BCUT2D eigenvalue weighted by molar-refractivity contribution is 0.0192. The normalized spacial score (nSPS) is 26.0. The summed E-state index contributed by atoms with van der Waals surface area (Å²) < 4.78 is 28.5. The van der Waals surface area contributed by atoms with Gasteiger partial charge in [0.2, 0.25) is 0 Å². The summed E-state index contributed by atoms with van der Waals surface area (Å²) in [7, 11) is -2.91. The van der Waals surface area contributed by atoms with Crippen molar-refractivity contribution in [3.05, 3.63) is 0 Å². The van der Waals surface area contributed by atoms with Crippen molar-refractivity contribution < 1.29 is 18.3 Å². The second-order valence-electron chi connectivity index (χ2n) is 4.85. The van der Waals surface area contributed by atoms with Crippen LogP contribution in [0.25, 0.3) is 0 Å². The molecule has 0 unspecified atom stereocenters. The van der Waals surface area contributed by atoms with Crippen molar-refractivity contribution >= 4 is 9.84 Å². The fourth-order valence-electron chi connectivity index (χ4n) is 2.24. The van der Waals surface area contributed by atoms with E-state index in [2.05, 4.69) is 0 Å². The fourth-order valence-corrected chi connectivity index (χ4v) is 3.41. The van der Waals surface area contributed by atoms with E-state index in [9.17, 15) is 8.42 Å². The number of hydrogen-bond donors (Lipinski definition) is 1.